The second-order valence-corrected chi connectivity index (χ2v) is 7.36. The Morgan fingerprint density at radius 3 is 2.42 bits per heavy atom. The zero-order valence-corrected chi connectivity index (χ0v) is 16.2. The van der Waals surface area contributed by atoms with Gasteiger partial charge in [0.05, 0.1) is 0 Å². The molecule has 0 aliphatic heterocycles. The molecule has 19 heavy (non-hydrogen) atoms. The molecule has 3 rings (SSSR count). The third kappa shape index (κ3) is 2.96. The van der Waals surface area contributed by atoms with Crippen molar-refractivity contribution in [2.75, 3.05) is 0 Å². The van der Waals surface area contributed by atoms with Crippen molar-refractivity contribution in [2.45, 2.75) is 52.9 Å². The molecule has 0 N–H and O–H groups in total. The molecule has 2 aliphatic rings. The van der Waals surface area contributed by atoms with Crippen molar-refractivity contribution < 1.29 is 25.8 Å². The first-order valence-corrected chi connectivity index (χ1v) is 7.28. The number of hydrogen-bond acceptors (Lipinski definition) is 0. The molecule has 0 bridgehead atoms. The van der Waals surface area contributed by atoms with Crippen LogP contribution in [0.25, 0.3) is 6.08 Å². The number of benzene rings is 1. The minimum atomic E-state index is 0. The van der Waals surface area contributed by atoms with Crippen LogP contribution >= 0.6 is 0 Å². The van der Waals surface area contributed by atoms with Gasteiger partial charge in [-0.1, -0.05) is 52.0 Å². The fraction of sp³-hybridized carbons (Fsp3) is 0.556. The van der Waals surface area contributed by atoms with Gasteiger partial charge in [0.15, 0.2) is 0 Å². The molecular weight excluding hydrogens is 395 g/mol. The average Bonchev–Trinajstić information content (AvgIpc) is 2.73. The summed E-state index contributed by atoms with van der Waals surface area (Å²) in [7, 11) is 0. The van der Waals surface area contributed by atoms with Crippen molar-refractivity contribution in [3.63, 3.8) is 0 Å². The second-order valence-electron chi connectivity index (χ2n) is 7.36. The Labute approximate surface area is 136 Å². The average molecular weight is 419 g/mol. The topological polar surface area (TPSA) is 0 Å². The monoisotopic (exact) mass is 420 g/mol. The largest absolute Gasteiger partial charge is 0.0764 e. The Balaban J connectivity index is 0.00000133. The van der Waals surface area contributed by atoms with E-state index in [-0.39, 0.29) is 25.8 Å². The van der Waals surface area contributed by atoms with E-state index < -0.39 is 0 Å². The molecule has 2 aliphatic carbocycles. The van der Waals surface area contributed by atoms with Crippen LogP contribution in [-0.4, -0.2) is 0 Å². The Morgan fingerprint density at radius 1 is 1.16 bits per heavy atom. The summed E-state index contributed by atoms with van der Waals surface area (Å²) in [6.45, 7) is 9.42. The van der Waals surface area contributed by atoms with Crippen molar-refractivity contribution >= 4 is 6.08 Å². The van der Waals surface area contributed by atoms with Gasteiger partial charge in [0.2, 0.25) is 0 Å². The van der Waals surface area contributed by atoms with Gasteiger partial charge in [-0.2, -0.15) is 0 Å². The van der Waals surface area contributed by atoms with Crippen LogP contribution in [0.15, 0.2) is 18.2 Å². The third-order valence-electron chi connectivity index (χ3n) is 4.38. The van der Waals surface area contributed by atoms with Crippen molar-refractivity contribution in [3.05, 3.63) is 40.5 Å². The Hall–Kier alpha value is -0.170. The number of allylic oxidation sites excluding steroid dienone is 1. The molecule has 0 aromatic heterocycles. The van der Waals surface area contributed by atoms with Gasteiger partial charge in [0.1, 0.15) is 0 Å². The van der Waals surface area contributed by atoms with Crippen LogP contribution in [0.1, 0.15) is 62.3 Å². The first kappa shape index (κ1) is 15.2. The molecule has 0 heterocycles. The summed E-state index contributed by atoms with van der Waals surface area (Å²) in [5.74, 6) is 1.43. The molecule has 1 aromatic rings. The number of rotatable bonds is 2. The Kier molecular flexibility index (Phi) is 4.26. The quantitative estimate of drug-likeness (QED) is 0.595. The van der Waals surface area contributed by atoms with Crippen molar-refractivity contribution in [1.82, 2.24) is 0 Å². The van der Waals surface area contributed by atoms with E-state index in [1.54, 1.807) is 16.7 Å². The van der Waals surface area contributed by atoms with E-state index in [2.05, 4.69) is 52.0 Å². The zero-order valence-electron chi connectivity index (χ0n) is 12.6. The number of hydrogen-bond donors (Lipinski definition) is 0. The van der Waals surface area contributed by atoms with E-state index in [0.717, 1.165) is 5.92 Å². The minimum Gasteiger partial charge on any atom is -0.0764 e. The SMILES string of the molecule is CC(C)CC1C=Cc2cc3c(cc21)CC(C)(C)C3.[Hf]. The first-order chi connectivity index (χ1) is 8.44. The maximum atomic E-state index is 2.51. The van der Waals surface area contributed by atoms with E-state index in [9.17, 15) is 0 Å². The van der Waals surface area contributed by atoms with Gasteiger partial charge in [0.25, 0.3) is 0 Å². The van der Waals surface area contributed by atoms with Gasteiger partial charge in [-0.15, -0.1) is 0 Å². The molecule has 0 amide bonds. The molecule has 1 atom stereocenters. The first-order valence-electron chi connectivity index (χ1n) is 7.28. The van der Waals surface area contributed by atoms with Gasteiger partial charge in [-0.25, -0.2) is 0 Å². The molecule has 1 heteroatoms. The summed E-state index contributed by atoms with van der Waals surface area (Å²) in [6, 6.07) is 4.96. The molecule has 0 saturated carbocycles. The fourth-order valence-corrected chi connectivity index (χ4v) is 3.65. The van der Waals surface area contributed by atoms with Crippen LogP contribution < -0.4 is 0 Å². The Bertz CT molecular complexity index is 509. The van der Waals surface area contributed by atoms with E-state index in [4.69, 9.17) is 0 Å². The van der Waals surface area contributed by atoms with E-state index in [1.165, 1.54) is 24.8 Å². The molecule has 1 aromatic carbocycles. The van der Waals surface area contributed by atoms with Gasteiger partial charge in [-0.05, 0) is 52.8 Å². The molecule has 0 radical (unpaired) electrons. The minimum absolute atomic E-state index is 0. The van der Waals surface area contributed by atoms with Crippen LogP contribution in [-0.2, 0) is 38.7 Å². The predicted molar refractivity (Wildman–Crippen MR) is 78.9 cm³/mol. The normalized spacial score (nSPS) is 22.3. The predicted octanol–water partition coefficient (Wildman–Crippen LogP) is 4.97. The maximum Gasteiger partial charge on any atom is 0.00297 e. The molecular formula is C18H24Hf. The molecule has 0 spiro atoms. The molecule has 100 valence electrons. The summed E-state index contributed by atoms with van der Waals surface area (Å²) >= 11 is 0. The van der Waals surface area contributed by atoms with Crippen LogP contribution in [0.3, 0.4) is 0 Å². The van der Waals surface area contributed by atoms with Gasteiger partial charge >= 0.3 is 0 Å². The fourth-order valence-electron chi connectivity index (χ4n) is 3.65. The Morgan fingerprint density at radius 2 is 1.79 bits per heavy atom. The van der Waals surface area contributed by atoms with Crippen LogP contribution in [0.4, 0.5) is 0 Å². The molecule has 1 unspecified atom stereocenters. The van der Waals surface area contributed by atoms with Gasteiger partial charge in [0, 0.05) is 31.8 Å². The van der Waals surface area contributed by atoms with E-state index >= 15 is 0 Å². The summed E-state index contributed by atoms with van der Waals surface area (Å²) in [5.41, 5.74) is 6.73. The van der Waals surface area contributed by atoms with E-state index in [1.807, 2.05) is 0 Å². The number of fused-ring (bicyclic) bond motifs is 2. The molecule has 0 fully saturated rings. The van der Waals surface area contributed by atoms with Crippen molar-refractivity contribution in [1.29, 1.82) is 0 Å². The summed E-state index contributed by atoms with van der Waals surface area (Å²) in [6.07, 6.45) is 8.53. The van der Waals surface area contributed by atoms with Gasteiger partial charge in [-0.3, -0.25) is 0 Å². The summed E-state index contributed by atoms with van der Waals surface area (Å²) in [5, 5.41) is 0. The summed E-state index contributed by atoms with van der Waals surface area (Å²) < 4.78 is 0. The van der Waals surface area contributed by atoms with Gasteiger partial charge < -0.3 is 0 Å². The van der Waals surface area contributed by atoms with Crippen molar-refractivity contribution in [2.24, 2.45) is 11.3 Å². The van der Waals surface area contributed by atoms with Crippen molar-refractivity contribution in [3.8, 4) is 0 Å². The van der Waals surface area contributed by atoms with Crippen LogP contribution in [0.5, 0.6) is 0 Å². The standard InChI is InChI=1S/C18H24.Hf/c1-12(2)7-13-5-6-14-8-15-10-18(3,4)11-16(15)9-17(13)14;/h5-6,8-9,12-13H,7,10-11H2,1-4H3;. The smallest absolute Gasteiger partial charge is 0.00297 e. The zero-order chi connectivity index (χ0) is 12.9. The third-order valence-corrected chi connectivity index (χ3v) is 4.38. The summed E-state index contributed by atoms with van der Waals surface area (Å²) in [4.78, 5) is 0. The van der Waals surface area contributed by atoms with Crippen LogP contribution in [0.2, 0.25) is 0 Å². The van der Waals surface area contributed by atoms with Crippen LogP contribution in [0, 0.1) is 11.3 Å². The van der Waals surface area contributed by atoms with E-state index in [0.29, 0.717) is 11.3 Å². The second kappa shape index (κ2) is 5.31. The maximum absolute atomic E-state index is 2.51. The molecule has 0 nitrogen and oxygen atoms in total. The molecule has 0 saturated heterocycles.